The van der Waals surface area contributed by atoms with E-state index >= 15 is 0 Å². The van der Waals surface area contributed by atoms with Crippen LogP contribution in [-0.2, 0) is 21.9 Å². The molecule has 4 amide bonds. The van der Waals surface area contributed by atoms with Crippen LogP contribution in [0, 0.1) is 11.7 Å². The van der Waals surface area contributed by atoms with Crippen molar-refractivity contribution in [1.29, 1.82) is 0 Å². The molecular formula is C33H39F7N4O4. The number of urea groups is 1. The minimum Gasteiger partial charge on any atom is -0.444 e. The molecule has 1 aliphatic carbocycles. The first-order valence-electron chi connectivity index (χ1n) is 15.5. The van der Waals surface area contributed by atoms with Crippen LogP contribution in [0.4, 0.5) is 46.0 Å². The third kappa shape index (κ3) is 8.90. The van der Waals surface area contributed by atoms with Crippen molar-refractivity contribution in [2.45, 2.75) is 82.4 Å². The Balaban J connectivity index is 1.53. The van der Waals surface area contributed by atoms with Crippen LogP contribution in [0.3, 0.4) is 0 Å². The molecular weight excluding hydrogens is 649 g/mol. The van der Waals surface area contributed by atoms with Crippen LogP contribution < -0.4 is 10.2 Å². The minimum atomic E-state index is -5.10. The van der Waals surface area contributed by atoms with E-state index < -0.39 is 64.7 Å². The van der Waals surface area contributed by atoms with Crippen LogP contribution in [0.15, 0.2) is 42.5 Å². The Bertz CT molecular complexity index is 1450. The molecule has 2 aromatic rings. The van der Waals surface area contributed by atoms with Gasteiger partial charge in [-0.15, -0.1) is 0 Å². The number of rotatable bonds is 5. The Hall–Kier alpha value is -4.04. The number of hydrogen-bond donors (Lipinski definition) is 1. The number of nitrogens with one attached hydrogen (secondary N) is 1. The zero-order chi connectivity index (χ0) is 35.8. The number of alkyl halides is 6. The van der Waals surface area contributed by atoms with E-state index in [9.17, 15) is 45.1 Å². The van der Waals surface area contributed by atoms with Gasteiger partial charge in [0.1, 0.15) is 11.4 Å². The lowest BCUT2D eigenvalue weighted by Crippen LogP contribution is -2.48. The Labute approximate surface area is 274 Å². The fourth-order valence-electron chi connectivity index (χ4n) is 6.23. The summed E-state index contributed by atoms with van der Waals surface area (Å²) in [5.74, 6) is -1.59. The molecule has 2 aliphatic rings. The van der Waals surface area contributed by atoms with Crippen LogP contribution in [0.5, 0.6) is 0 Å². The normalized spacial score (nSPS) is 21.9. The lowest BCUT2D eigenvalue weighted by atomic mass is 9.85. The van der Waals surface area contributed by atoms with Crippen LogP contribution >= 0.6 is 0 Å². The second-order valence-electron chi connectivity index (χ2n) is 13.4. The fourth-order valence-corrected chi connectivity index (χ4v) is 6.23. The Morgan fingerprint density at radius 3 is 1.88 bits per heavy atom. The SMILES string of the molecule is CN(C(=O)N(C)[C@@H]1CN(C(=O)C2CCC(NC(=O)OC(C)(C)C)CC2)C[C@H]1c1ccc(F)cc1)c1cc(C(F)(F)F)cc(C(F)(F)F)c1. The standard InChI is InChI=1S/C33H39F7N4O4/c1-31(2,3)48-29(46)41-24-12-8-20(9-13-24)28(45)44-17-26(19-6-10-23(34)11-7-19)27(18-44)43(5)30(47)42(4)25-15-21(32(35,36)37)14-22(16-25)33(38,39)40/h6-7,10-11,14-16,20,24,26-27H,8-9,12-13,17-18H2,1-5H3,(H,41,46)/t20?,24?,26-,27+/m0/s1. The first-order chi connectivity index (χ1) is 22.1. The van der Waals surface area contributed by atoms with Crippen LogP contribution in [0.1, 0.15) is 69.1 Å². The quantitative estimate of drug-likeness (QED) is 0.332. The summed E-state index contributed by atoms with van der Waals surface area (Å²) in [4.78, 5) is 43.1. The first kappa shape index (κ1) is 36.8. The number of likely N-dealkylation sites (N-methyl/N-ethyl adjacent to an activating group) is 1. The molecule has 0 bridgehead atoms. The number of alkyl carbamates (subject to hydrolysis) is 1. The number of likely N-dealkylation sites (tertiary alicyclic amines) is 1. The number of benzene rings is 2. The summed E-state index contributed by atoms with van der Waals surface area (Å²) in [5.41, 5.74) is -3.80. The topological polar surface area (TPSA) is 82.2 Å². The Kier molecular flexibility index (Phi) is 10.6. The molecule has 1 aliphatic heterocycles. The van der Waals surface area contributed by atoms with Gasteiger partial charge in [-0.3, -0.25) is 9.69 Å². The van der Waals surface area contributed by atoms with E-state index in [4.69, 9.17) is 4.74 Å². The molecule has 1 N–H and O–H groups in total. The van der Waals surface area contributed by atoms with Crippen molar-refractivity contribution in [3.05, 3.63) is 65.0 Å². The summed E-state index contributed by atoms with van der Waals surface area (Å²) in [5, 5.41) is 2.83. The summed E-state index contributed by atoms with van der Waals surface area (Å²) < 4.78 is 100. The van der Waals surface area contributed by atoms with Crippen LogP contribution in [0.2, 0.25) is 0 Å². The van der Waals surface area contributed by atoms with Crippen molar-refractivity contribution in [2.75, 3.05) is 32.1 Å². The molecule has 264 valence electrons. The molecule has 0 spiro atoms. The molecule has 48 heavy (non-hydrogen) atoms. The van der Waals surface area contributed by atoms with Crippen molar-refractivity contribution in [1.82, 2.24) is 15.1 Å². The average molecular weight is 689 g/mol. The fraction of sp³-hybridized carbons (Fsp3) is 0.545. The van der Waals surface area contributed by atoms with Gasteiger partial charge < -0.3 is 19.9 Å². The monoisotopic (exact) mass is 688 g/mol. The van der Waals surface area contributed by atoms with Crippen molar-refractivity contribution in [3.63, 3.8) is 0 Å². The van der Waals surface area contributed by atoms with Crippen LogP contribution in [0.25, 0.3) is 0 Å². The Morgan fingerprint density at radius 2 is 1.38 bits per heavy atom. The molecule has 1 saturated heterocycles. The van der Waals surface area contributed by atoms with Crippen molar-refractivity contribution < 1.29 is 49.9 Å². The largest absolute Gasteiger partial charge is 0.444 e. The summed E-state index contributed by atoms with van der Waals surface area (Å²) in [6, 6.07) is 4.59. The number of carbonyl (C=O) groups excluding carboxylic acids is 3. The zero-order valence-electron chi connectivity index (χ0n) is 27.2. The molecule has 1 heterocycles. The number of carbonyl (C=O) groups is 3. The molecule has 2 aromatic carbocycles. The van der Waals surface area contributed by atoms with E-state index in [-0.39, 0.29) is 37.0 Å². The van der Waals surface area contributed by atoms with Gasteiger partial charge in [-0.25, -0.2) is 14.0 Å². The first-order valence-corrected chi connectivity index (χ1v) is 15.5. The van der Waals surface area contributed by atoms with E-state index in [1.165, 1.54) is 36.2 Å². The van der Waals surface area contributed by atoms with E-state index in [0.717, 1.165) is 7.05 Å². The lowest BCUT2D eigenvalue weighted by Gasteiger charge is -2.33. The van der Waals surface area contributed by atoms with Gasteiger partial charge in [-0.2, -0.15) is 26.3 Å². The molecule has 0 aromatic heterocycles. The second-order valence-corrected chi connectivity index (χ2v) is 13.4. The number of hydrogen-bond acceptors (Lipinski definition) is 4. The second kappa shape index (κ2) is 13.8. The number of nitrogens with zero attached hydrogens (tertiary/aromatic N) is 3. The average Bonchev–Trinajstić information content (AvgIpc) is 3.44. The highest BCUT2D eigenvalue weighted by Gasteiger charge is 2.43. The van der Waals surface area contributed by atoms with Gasteiger partial charge in [0.2, 0.25) is 5.91 Å². The van der Waals surface area contributed by atoms with Gasteiger partial charge in [0.25, 0.3) is 0 Å². The van der Waals surface area contributed by atoms with Gasteiger partial charge in [-0.1, -0.05) is 12.1 Å². The third-order valence-electron chi connectivity index (χ3n) is 8.74. The highest BCUT2D eigenvalue weighted by Crippen LogP contribution is 2.39. The number of ether oxygens (including phenoxy) is 1. The molecule has 0 radical (unpaired) electrons. The van der Waals surface area contributed by atoms with E-state index in [1.54, 1.807) is 25.7 Å². The van der Waals surface area contributed by atoms with Gasteiger partial charge >= 0.3 is 24.5 Å². The van der Waals surface area contributed by atoms with Gasteiger partial charge in [0.05, 0.1) is 17.2 Å². The highest BCUT2D eigenvalue weighted by atomic mass is 19.4. The highest BCUT2D eigenvalue weighted by molar-refractivity contribution is 5.92. The van der Waals surface area contributed by atoms with Crippen molar-refractivity contribution in [2.24, 2.45) is 5.92 Å². The number of amides is 4. The number of anilines is 1. The van der Waals surface area contributed by atoms with Crippen molar-refractivity contribution >= 4 is 23.7 Å². The maximum atomic E-state index is 13.8. The maximum absolute atomic E-state index is 13.8. The predicted octanol–water partition coefficient (Wildman–Crippen LogP) is 7.43. The summed E-state index contributed by atoms with van der Waals surface area (Å²) in [6.45, 7) is 5.44. The zero-order valence-corrected chi connectivity index (χ0v) is 27.2. The van der Waals surface area contributed by atoms with Gasteiger partial charge in [0, 0.05) is 50.7 Å². The molecule has 2 fully saturated rings. The molecule has 8 nitrogen and oxygen atoms in total. The maximum Gasteiger partial charge on any atom is 0.416 e. The number of halogens is 7. The molecule has 2 atom stereocenters. The predicted molar refractivity (Wildman–Crippen MR) is 163 cm³/mol. The van der Waals surface area contributed by atoms with Gasteiger partial charge in [-0.05, 0) is 82.3 Å². The van der Waals surface area contributed by atoms with E-state index in [2.05, 4.69) is 5.32 Å². The smallest absolute Gasteiger partial charge is 0.416 e. The molecule has 1 saturated carbocycles. The van der Waals surface area contributed by atoms with Crippen molar-refractivity contribution in [3.8, 4) is 0 Å². The summed E-state index contributed by atoms with van der Waals surface area (Å²) >= 11 is 0. The molecule has 0 unspecified atom stereocenters. The summed E-state index contributed by atoms with van der Waals surface area (Å²) in [6.07, 6.45) is -8.71. The lowest BCUT2D eigenvalue weighted by molar-refractivity contribution is -0.143. The Morgan fingerprint density at radius 1 is 0.833 bits per heavy atom. The van der Waals surface area contributed by atoms with Crippen LogP contribution in [-0.4, -0.2) is 72.7 Å². The third-order valence-corrected chi connectivity index (χ3v) is 8.74. The van der Waals surface area contributed by atoms with E-state index in [1.807, 2.05) is 0 Å². The van der Waals surface area contributed by atoms with E-state index in [0.29, 0.717) is 48.3 Å². The van der Waals surface area contributed by atoms with Gasteiger partial charge in [0.15, 0.2) is 0 Å². The molecule has 4 rings (SSSR count). The summed E-state index contributed by atoms with van der Waals surface area (Å²) in [7, 11) is 2.43. The minimum absolute atomic E-state index is 0.0162. The molecule has 15 heteroatoms.